The van der Waals surface area contributed by atoms with Gasteiger partial charge in [-0.1, -0.05) is 0 Å². The van der Waals surface area contributed by atoms with E-state index in [1.807, 2.05) is 13.2 Å². The molecule has 0 aromatic rings. The Balaban J connectivity index is 2.87. The second-order valence-electron chi connectivity index (χ2n) is 2.45. The van der Waals surface area contributed by atoms with Crippen molar-refractivity contribution in [2.24, 2.45) is 0 Å². The molecule has 1 aliphatic rings. The smallest absolute Gasteiger partial charge is 0.264 e. The Hall–Kier alpha value is -0.480. The van der Waals surface area contributed by atoms with Gasteiger partial charge in [-0.15, -0.1) is 11.8 Å². The second kappa shape index (κ2) is 3.28. The molecular weight excluding hydrogens is 160 g/mol. The number of likely N-dealkylation sites (N-methyl/N-ethyl adjacent to an activating group) is 1. The number of thioether (sulfide) groups is 1. The lowest BCUT2D eigenvalue weighted by Crippen LogP contribution is -2.44. The van der Waals surface area contributed by atoms with Gasteiger partial charge < -0.3 is 0 Å². The zero-order chi connectivity index (χ0) is 8.43. The largest absolute Gasteiger partial charge is 0.277 e. The Labute approximate surface area is 70.8 Å². The lowest BCUT2D eigenvalue weighted by atomic mass is 10.2. The molecule has 11 heavy (non-hydrogen) atoms. The van der Waals surface area contributed by atoms with Crippen LogP contribution >= 0.6 is 11.8 Å². The van der Waals surface area contributed by atoms with Crippen LogP contribution in [0.1, 0.15) is 6.92 Å². The van der Waals surface area contributed by atoms with Crippen LogP contribution in [-0.4, -0.2) is 30.8 Å². The number of hydrazine groups is 1. The van der Waals surface area contributed by atoms with Crippen LogP contribution in [0.15, 0.2) is 10.5 Å². The zero-order valence-corrected chi connectivity index (χ0v) is 7.79. The van der Waals surface area contributed by atoms with Crippen molar-refractivity contribution in [2.45, 2.75) is 6.92 Å². The molecule has 0 aliphatic carbocycles. The summed E-state index contributed by atoms with van der Waals surface area (Å²) in [6.45, 7) is 2.64. The molecule has 1 aliphatic heterocycles. The molecule has 1 N–H and O–H groups in total. The number of carbonyl (C=O) groups is 1. The Morgan fingerprint density at radius 1 is 1.64 bits per heavy atom. The fraction of sp³-hybridized carbons (Fsp3) is 0.571. The van der Waals surface area contributed by atoms with Crippen LogP contribution in [-0.2, 0) is 4.79 Å². The molecule has 0 atom stereocenters. The van der Waals surface area contributed by atoms with E-state index in [-0.39, 0.29) is 5.91 Å². The number of hydrogen-bond acceptors (Lipinski definition) is 3. The molecule has 0 fully saturated rings. The summed E-state index contributed by atoms with van der Waals surface area (Å²) >= 11 is 1.63. The number of nitrogens with zero attached hydrogens (tertiary/aromatic N) is 1. The predicted octanol–water partition coefficient (Wildman–Crippen LogP) is 0.600. The van der Waals surface area contributed by atoms with Crippen molar-refractivity contribution in [3.05, 3.63) is 10.5 Å². The highest BCUT2D eigenvalue weighted by Gasteiger charge is 2.19. The zero-order valence-electron chi connectivity index (χ0n) is 6.97. The highest BCUT2D eigenvalue weighted by molar-refractivity contribution is 8.02. The van der Waals surface area contributed by atoms with Gasteiger partial charge in [-0.05, 0) is 13.2 Å². The normalized spacial score (nSPS) is 19.5. The fourth-order valence-electron chi connectivity index (χ4n) is 0.991. The maximum absolute atomic E-state index is 11.3. The van der Waals surface area contributed by atoms with E-state index in [0.717, 1.165) is 17.0 Å². The van der Waals surface area contributed by atoms with Crippen molar-refractivity contribution in [3.63, 3.8) is 0 Å². The molecule has 0 radical (unpaired) electrons. The standard InChI is InChI=1S/C7H12N2OS/c1-5-6(11-3)4-8-9(2)7(5)10/h8H,4H2,1-3H3. The van der Waals surface area contributed by atoms with Crippen molar-refractivity contribution in [1.82, 2.24) is 10.4 Å². The average Bonchev–Trinajstić information content (AvgIpc) is 2.01. The third-order valence-corrected chi connectivity index (χ3v) is 2.71. The summed E-state index contributed by atoms with van der Waals surface area (Å²) in [6, 6.07) is 0. The maximum Gasteiger partial charge on any atom is 0.264 e. The summed E-state index contributed by atoms with van der Waals surface area (Å²) in [5.74, 6) is 0.0700. The molecule has 4 heteroatoms. The van der Waals surface area contributed by atoms with Crippen LogP contribution in [0.5, 0.6) is 0 Å². The van der Waals surface area contributed by atoms with Crippen LogP contribution < -0.4 is 5.43 Å². The quantitative estimate of drug-likeness (QED) is 0.628. The number of hydrogen-bond donors (Lipinski definition) is 1. The van der Waals surface area contributed by atoms with E-state index < -0.39 is 0 Å². The van der Waals surface area contributed by atoms with Crippen molar-refractivity contribution >= 4 is 17.7 Å². The first-order chi connectivity index (χ1) is 5.16. The Bertz CT molecular complexity index is 212. The summed E-state index contributed by atoms with van der Waals surface area (Å²) < 4.78 is 0. The lowest BCUT2D eigenvalue weighted by molar-refractivity contribution is -0.129. The van der Waals surface area contributed by atoms with Gasteiger partial charge in [-0.2, -0.15) is 0 Å². The summed E-state index contributed by atoms with van der Waals surface area (Å²) in [6.07, 6.45) is 1.99. The van der Waals surface area contributed by atoms with Crippen molar-refractivity contribution in [3.8, 4) is 0 Å². The van der Waals surface area contributed by atoms with Crippen LogP contribution in [0, 0.1) is 0 Å². The molecule has 0 aromatic carbocycles. The van der Waals surface area contributed by atoms with E-state index in [0.29, 0.717) is 0 Å². The van der Waals surface area contributed by atoms with E-state index in [1.165, 1.54) is 5.01 Å². The monoisotopic (exact) mass is 172 g/mol. The van der Waals surface area contributed by atoms with Crippen LogP contribution in [0.4, 0.5) is 0 Å². The van der Waals surface area contributed by atoms with Crippen LogP contribution in [0.25, 0.3) is 0 Å². The van der Waals surface area contributed by atoms with E-state index in [1.54, 1.807) is 18.8 Å². The first kappa shape index (κ1) is 8.62. The van der Waals surface area contributed by atoms with Gasteiger partial charge in [0, 0.05) is 24.1 Å². The third kappa shape index (κ3) is 1.57. The highest BCUT2D eigenvalue weighted by Crippen LogP contribution is 2.19. The number of carbonyl (C=O) groups excluding carboxylic acids is 1. The Morgan fingerprint density at radius 2 is 2.27 bits per heavy atom. The molecule has 1 rings (SSSR count). The molecule has 1 amide bonds. The van der Waals surface area contributed by atoms with Gasteiger partial charge >= 0.3 is 0 Å². The summed E-state index contributed by atoms with van der Waals surface area (Å²) in [5, 5.41) is 1.52. The first-order valence-electron chi connectivity index (χ1n) is 3.42. The topological polar surface area (TPSA) is 32.3 Å². The molecule has 1 heterocycles. The average molecular weight is 172 g/mol. The van der Waals surface area contributed by atoms with Crippen molar-refractivity contribution < 1.29 is 4.79 Å². The Morgan fingerprint density at radius 3 is 2.82 bits per heavy atom. The first-order valence-corrected chi connectivity index (χ1v) is 4.64. The summed E-state index contributed by atoms with van der Waals surface area (Å²) in [5.41, 5.74) is 3.83. The molecule has 0 spiro atoms. The van der Waals surface area contributed by atoms with E-state index in [9.17, 15) is 4.79 Å². The van der Waals surface area contributed by atoms with E-state index >= 15 is 0 Å². The number of rotatable bonds is 1. The molecule has 0 saturated carbocycles. The number of amides is 1. The molecular formula is C7H12N2OS. The molecule has 0 aromatic heterocycles. The highest BCUT2D eigenvalue weighted by atomic mass is 32.2. The molecule has 0 bridgehead atoms. The van der Waals surface area contributed by atoms with Crippen molar-refractivity contribution in [2.75, 3.05) is 19.8 Å². The second-order valence-corrected chi connectivity index (χ2v) is 3.35. The van der Waals surface area contributed by atoms with E-state index in [4.69, 9.17) is 0 Å². The minimum atomic E-state index is 0.0700. The summed E-state index contributed by atoms with van der Waals surface area (Å²) in [7, 11) is 1.74. The molecule has 0 unspecified atom stereocenters. The fourth-order valence-corrected chi connectivity index (χ4v) is 1.59. The number of nitrogens with one attached hydrogen (secondary N) is 1. The third-order valence-electron chi connectivity index (χ3n) is 1.77. The predicted molar refractivity (Wildman–Crippen MR) is 47.0 cm³/mol. The Kier molecular flexibility index (Phi) is 2.57. The SMILES string of the molecule is CSC1=C(C)C(=O)N(C)NC1. The van der Waals surface area contributed by atoms with Gasteiger partial charge in [0.25, 0.3) is 5.91 Å². The van der Waals surface area contributed by atoms with E-state index in [2.05, 4.69) is 5.43 Å². The maximum atomic E-state index is 11.3. The van der Waals surface area contributed by atoms with Crippen LogP contribution in [0.3, 0.4) is 0 Å². The molecule has 62 valence electrons. The molecule has 0 saturated heterocycles. The summed E-state index contributed by atoms with van der Waals surface area (Å²) in [4.78, 5) is 12.4. The van der Waals surface area contributed by atoms with Gasteiger partial charge in [0.15, 0.2) is 0 Å². The van der Waals surface area contributed by atoms with Gasteiger partial charge in [0.1, 0.15) is 0 Å². The minimum absolute atomic E-state index is 0.0700. The van der Waals surface area contributed by atoms with Crippen LogP contribution in [0.2, 0.25) is 0 Å². The van der Waals surface area contributed by atoms with Gasteiger partial charge in [0.05, 0.1) is 0 Å². The molecule has 3 nitrogen and oxygen atoms in total. The van der Waals surface area contributed by atoms with Gasteiger partial charge in [-0.3, -0.25) is 9.80 Å². The van der Waals surface area contributed by atoms with Crippen molar-refractivity contribution in [1.29, 1.82) is 0 Å². The van der Waals surface area contributed by atoms with Gasteiger partial charge in [0.2, 0.25) is 0 Å². The minimum Gasteiger partial charge on any atom is -0.277 e. The lowest BCUT2D eigenvalue weighted by Gasteiger charge is -2.25. The van der Waals surface area contributed by atoms with Gasteiger partial charge in [-0.25, -0.2) is 5.43 Å².